The Hall–Kier alpha value is -2.67. The first kappa shape index (κ1) is 18.7. The van der Waals surface area contributed by atoms with Crippen molar-refractivity contribution in [3.63, 3.8) is 0 Å². The minimum absolute atomic E-state index is 0.108. The van der Waals surface area contributed by atoms with Crippen molar-refractivity contribution < 1.29 is 22.7 Å². The van der Waals surface area contributed by atoms with Gasteiger partial charge < -0.3 is 9.64 Å². The van der Waals surface area contributed by atoms with Crippen LogP contribution < -0.4 is 4.90 Å². The van der Waals surface area contributed by atoms with Crippen LogP contribution in [0.4, 0.5) is 5.69 Å². The third-order valence-corrected chi connectivity index (χ3v) is 4.75. The molecule has 0 aliphatic carbocycles. The molecule has 6 nitrogen and oxygen atoms in total. The van der Waals surface area contributed by atoms with Gasteiger partial charge in [0.15, 0.2) is 15.9 Å². The Morgan fingerprint density at radius 3 is 2.08 bits per heavy atom. The Labute approximate surface area is 146 Å². The number of esters is 1. The maximum atomic E-state index is 12.4. The fourth-order valence-electron chi connectivity index (χ4n) is 2.17. The van der Waals surface area contributed by atoms with Crippen LogP contribution >= 0.6 is 0 Å². The van der Waals surface area contributed by atoms with E-state index in [-0.39, 0.29) is 16.4 Å². The number of rotatable bonds is 5. The molecule has 0 aliphatic rings. The number of anilines is 1. The SMILES string of the molecule is C[C@H](OC(=O)c1ccc(S(C)(=O)=O)cc1)C(=O)N(C)c1ccccc1. The van der Waals surface area contributed by atoms with Crippen LogP contribution in [0.15, 0.2) is 59.5 Å². The van der Waals surface area contributed by atoms with Gasteiger partial charge in [0.05, 0.1) is 10.5 Å². The van der Waals surface area contributed by atoms with E-state index in [9.17, 15) is 18.0 Å². The number of nitrogens with zero attached hydrogens (tertiary/aromatic N) is 1. The molecule has 1 amide bonds. The lowest BCUT2D eigenvalue weighted by atomic mass is 10.2. The Kier molecular flexibility index (Phi) is 5.58. The summed E-state index contributed by atoms with van der Waals surface area (Å²) in [6.45, 7) is 1.49. The number of para-hydroxylation sites is 1. The zero-order valence-corrected chi connectivity index (χ0v) is 15.0. The number of benzene rings is 2. The summed E-state index contributed by atoms with van der Waals surface area (Å²) in [5.41, 5.74) is 0.863. The zero-order chi connectivity index (χ0) is 18.6. The van der Waals surface area contributed by atoms with Gasteiger partial charge in [0.25, 0.3) is 5.91 Å². The molecule has 0 aliphatic heterocycles. The second-order valence-electron chi connectivity index (χ2n) is 5.58. The molecular weight excluding hydrogens is 342 g/mol. The number of ether oxygens (including phenoxy) is 1. The molecule has 7 heteroatoms. The number of hydrogen-bond acceptors (Lipinski definition) is 5. The van der Waals surface area contributed by atoms with Crippen molar-refractivity contribution in [2.45, 2.75) is 17.9 Å². The largest absolute Gasteiger partial charge is 0.449 e. The molecule has 132 valence electrons. The molecule has 2 aromatic rings. The van der Waals surface area contributed by atoms with Crippen LogP contribution in [-0.4, -0.2) is 39.7 Å². The highest BCUT2D eigenvalue weighted by Gasteiger charge is 2.23. The molecule has 2 aromatic carbocycles. The highest BCUT2D eigenvalue weighted by atomic mass is 32.2. The fraction of sp³-hybridized carbons (Fsp3) is 0.222. The average molecular weight is 361 g/mol. The van der Waals surface area contributed by atoms with Gasteiger partial charge in [-0.15, -0.1) is 0 Å². The van der Waals surface area contributed by atoms with Gasteiger partial charge in [-0.3, -0.25) is 4.79 Å². The van der Waals surface area contributed by atoms with Crippen molar-refractivity contribution in [2.75, 3.05) is 18.2 Å². The predicted octanol–water partition coefficient (Wildman–Crippen LogP) is 2.30. The summed E-state index contributed by atoms with van der Waals surface area (Å²) >= 11 is 0. The maximum Gasteiger partial charge on any atom is 0.338 e. The Balaban J connectivity index is 2.05. The van der Waals surface area contributed by atoms with E-state index in [1.807, 2.05) is 6.07 Å². The first-order valence-electron chi connectivity index (χ1n) is 7.54. The fourth-order valence-corrected chi connectivity index (χ4v) is 2.80. The normalized spacial score (nSPS) is 12.3. The Bertz CT molecular complexity index is 860. The van der Waals surface area contributed by atoms with E-state index in [1.165, 1.54) is 36.1 Å². The lowest BCUT2D eigenvalue weighted by Gasteiger charge is -2.21. The molecule has 0 saturated carbocycles. The second-order valence-corrected chi connectivity index (χ2v) is 7.59. The van der Waals surface area contributed by atoms with Gasteiger partial charge in [-0.05, 0) is 43.3 Å². The quantitative estimate of drug-likeness (QED) is 0.764. The van der Waals surface area contributed by atoms with Gasteiger partial charge >= 0.3 is 5.97 Å². The Morgan fingerprint density at radius 1 is 1.00 bits per heavy atom. The monoisotopic (exact) mass is 361 g/mol. The van der Waals surface area contributed by atoms with Crippen molar-refractivity contribution in [3.8, 4) is 0 Å². The van der Waals surface area contributed by atoms with Crippen molar-refractivity contribution >= 4 is 27.4 Å². The van der Waals surface area contributed by atoms with Crippen LogP contribution in [0.5, 0.6) is 0 Å². The third-order valence-electron chi connectivity index (χ3n) is 3.62. The highest BCUT2D eigenvalue weighted by molar-refractivity contribution is 7.90. The first-order chi connectivity index (χ1) is 11.7. The molecule has 0 radical (unpaired) electrons. The van der Waals surface area contributed by atoms with Crippen LogP contribution in [-0.2, 0) is 19.4 Å². The smallest absolute Gasteiger partial charge is 0.338 e. The summed E-state index contributed by atoms with van der Waals surface area (Å²) in [7, 11) is -1.74. The molecule has 0 fully saturated rings. The maximum absolute atomic E-state index is 12.4. The van der Waals surface area contributed by atoms with Crippen LogP contribution in [0.25, 0.3) is 0 Å². The van der Waals surface area contributed by atoms with Crippen LogP contribution in [0, 0.1) is 0 Å². The molecule has 0 spiro atoms. The van der Waals surface area contributed by atoms with Gasteiger partial charge in [-0.1, -0.05) is 18.2 Å². The molecule has 0 bridgehead atoms. The van der Waals surface area contributed by atoms with E-state index >= 15 is 0 Å². The van der Waals surface area contributed by atoms with Gasteiger partial charge in [-0.25, -0.2) is 13.2 Å². The number of amides is 1. The van der Waals surface area contributed by atoms with E-state index < -0.39 is 21.9 Å². The van der Waals surface area contributed by atoms with Gasteiger partial charge in [0.1, 0.15) is 0 Å². The number of likely N-dealkylation sites (N-methyl/N-ethyl adjacent to an activating group) is 1. The van der Waals surface area contributed by atoms with Gasteiger partial charge in [-0.2, -0.15) is 0 Å². The molecule has 0 aromatic heterocycles. The van der Waals surface area contributed by atoms with E-state index in [0.717, 1.165) is 6.26 Å². The lowest BCUT2D eigenvalue weighted by molar-refractivity contribution is -0.126. The molecule has 1 atom stereocenters. The van der Waals surface area contributed by atoms with Crippen molar-refractivity contribution in [1.29, 1.82) is 0 Å². The minimum Gasteiger partial charge on any atom is -0.449 e. The lowest BCUT2D eigenvalue weighted by Crippen LogP contribution is -2.37. The van der Waals surface area contributed by atoms with Gasteiger partial charge in [0, 0.05) is 19.0 Å². The first-order valence-corrected chi connectivity index (χ1v) is 9.43. The molecular formula is C18H19NO5S. The van der Waals surface area contributed by atoms with Crippen molar-refractivity contribution in [2.24, 2.45) is 0 Å². The molecule has 0 N–H and O–H groups in total. The minimum atomic E-state index is -3.34. The van der Waals surface area contributed by atoms with Gasteiger partial charge in [0.2, 0.25) is 0 Å². The van der Waals surface area contributed by atoms with E-state index in [0.29, 0.717) is 5.69 Å². The standard InChI is InChI=1S/C18H19NO5S/c1-13(17(20)19(2)15-7-5-4-6-8-15)24-18(21)14-9-11-16(12-10-14)25(3,22)23/h4-13H,1-3H3/t13-/m0/s1. The summed E-state index contributed by atoms with van der Waals surface area (Å²) in [5, 5.41) is 0. The summed E-state index contributed by atoms with van der Waals surface area (Å²) in [5.74, 6) is -1.06. The summed E-state index contributed by atoms with van der Waals surface area (Å²) < 4.78 is 28.0. The number of sulfone groups is 1. The van der Waals surface area contributed by atoms with E-state index in [2.05, 4.69) is 0 Å². The Morgan fingerprint density at radius 2 is 1.56 bits per heavy atom. The molecule has 0 unspecified atom stereocenters. The zero-order valence-electron chi connectivity index (χ0n) is 14.2. The summed E-state index contributed by atoms with van der Waals surface area (Å²) in [6, 6.07) is 14.4. The average Bonchev–Trinajstić information content (AvgIpc) is 2.60. The van der Waals surface area contributed by atoms with Crippen LogP contribution in [0.1, 0.15) is 17.3 Å². The van der Waals surface area contributed by atoms with E-state index in [4.69, 9.17) is 4.74 Å². The second kappa shape index (κ2) is 7.48. The topological polar surface area (TPSA) is 80.8 Å². The third kappa shape index (κ3) is 4.67. The highest BCUT2D eigenvalue weighted by Crippen LogP contribution is 2.15. The van der Waals surface area contributed by atoms with Crippen LogP contribution in [0.2, 0.25) is 0 Å². The van der Waals surface area contributed by atoms with E-state index in [1.54, 1.807) is 31.3 Å². The molecule has 0 heterocycles. The number of carbonyl (C=O) groups excluding carboxylic acids is 2. The van der Waals surface area contributed by atoms with Crippen molar-refractivity contribution in [3.05, 3.63) is 60.2 Å². The van der Waals surface area contributed by atoms with Crippen LogP contribution in [0.3, 0.4) is 0 Å². The molecule has 25 heavy (non-hydrogen) atoms. The molecule has 0 saturated heterocycles. The number of hydrogen-bond donors (Lipinski definition) is 0. The molecule has 2 rings (SSSR count). The number of carbonyl (C=O) groups is 2. The summed E-state index contributed by atoms with van der Waals surface area (Å²) in [4.78, 5) is 26.0. The summed E-state index contributed by atoms with van der Waals surface area (Å²) in [6.07, 6.45) is 0.104. The predicted molar refractivity (Wildman–Crippen MR) is 94.3 cm³/mol. The van der Waals surface area contributed by atoms with Crippen molar-refractivity contribution in [1.82, 2.24) is 0 Å².